The van der Waals surface area contributed by atoms with Gasteiger partial charge < -0.3 is 18.9 Å². The highest BCUT2D eigenvalue weighted by atomic mass is 16.5. The van der Waals surface area contributed by atoms with E-state index in [1.165, 1.54) is 0 Å². The topological polar surface area (TPSA) is 82.4 Å². The minimum atomic E-state index is -0.0422. The summed E-state index contributed by atoms with van der Waals surface area (Å²) in [5.41, 5.74) is 1.39. The highest BCUT2D eigenvalue weighted by molar-refractivity contribution is 5.92. The van der Waals surface area contributed by atoms with Gasteiger partial charge in [0.2, 0.25) is 0 Å². The van der Waals surface area contributed by atoms with Gasteiger partial charge in [-0.2, -0.15) is 0 Å². The van der Waals surface area contributed by atoms with E-state index >= 15 is 0 Å². The lowest BCUT2D eigenvalue weighted by Crippen LogP contribution is -2.50. The number of hydrogen-bond acceptors (Lipinski definition) is 6. The Morgan fingerprint density at radius 2 is 1.81 bits per heavy atom. The summed E-state index contributed by atoms with van der Waals surface area (Å²) < 4.78 is 13.1. The first-order valence-corrected chi connectivity index (χ1v) is 10.6. The number of hydrogen-bond donors (Lipinski definition) is 0. The molecule has 8 heteroatoms. The van der Waals surface area contributed by atoms with Gasteiger partial charge in [0.25, 0.3) is 5.91 Å². The van der Waals surface area contributed by atoms with Crippen LogP contribution in [0.3, 0.4) is 0 Å². The molecule has 0 radical (unpaired) electrons. The molecule has 1 saturated carbocycles. The van der Waals surface area contributed by atoms with E-state index in [9.17, 15) is 4.79 Å². The number of carbonyl (C=O) groups excluding carboxylic acids is 1. The molecule has 160 valence electrons. The maximum absolute atomic E-state index is 13.3. The van der Waals surface area contributed by atoms with Gasteiger partial charge in [0.05, 0.1) is 32.8 Å². The molecule has 0 unspecified atom stereocenters. The van der Waals surface area contributed by atoms with E-state index in [1.54, 1.807) is 26.5 Å². The van der Waals surface area contributed by atoms with Crippen molar-refractivity contribution in [3.63, 3.8) is 0 Å². The summed E-state index contributed by atoms with van der Waals surface area (Å²) in [6.45, 7) is 0.427. The molecule has 2 aliphatic rings. The van der Waals surface area contributed by atoms with Crippen molar-refractivity contribution in [1.29, 1.82) is 0 Å². The fraction of sp³-hybridized carbons (Fsp3) is 0.391. The second-order valence-corrected chi connectivity index (χ2v) is 7.95. The first-order valence-electron chi connectivity index (χ1n) is 10.6. The summed E-state index contributed by atoms with van der Waals surface area (Å²) in [6.07, 6.45) is 5.84. The molecule has 2 aromatic heterocycles. The summed E-state index contributed by atoms with van der Waals surface area (Å²) in [5, 5.41) is 8.99. The Balaban J connectivity index is 1.55. The van der Waals surface area contributed by atoms with E-state index in [1.807, 2.05) is 35.2 Å². The zero-order valence-corrected chi connectivity index (χ0v) is 17.7. The van der Waals surface area contributed by atoms with Crippen LogP contribution in [0.5, 0.6) is 11.5 Å². The van der Waals surface area contributed by atoms with Gasteiger partial charge in [0, 0.05) is 11.8 Å². The molecule has 1 aliphatic heterocycles. The quantitative estimate of drug-likeness (QED) is 0.644. The molecular weight excluding hydrogens is 394 g/mol. The van der Waals surface area contributed by atoms with E-state index < -0.39 is 0 Å². The number of benzene rings is 1. The lowest BCUT2D eigenvalue weighted by molar-refractivity contribution is 0.0415. The molecule has 2 atom stereocenters. The van der Waals surface area contributed by atoms with E-state index in [4.69, 9.17) is 9.47 Å². The fourth-order valence-electron chi connectivity index (χ4n) is 4.84. The van der Waals surface area contributed by atoms with Gasteiger partial charge in [-0.05, 0) is 43.2 Å². The predicted molar refractivity (Wildman–Crippen MR) is 114 cm³/mol. The van der Waals surface area contributed by atoms with Crippen LogP contribution in [0.1, 0.15) is 48.0 Å². The monoisotopic (exact) mass is 419 g/mol. The molecule has 0 saturated heterocycles. The molecule has 0 spiro atoms. The molecule has 5 rings (SSSR count). The highest BCUT2D eigenvalue weighted by Gasteiger charge is 2.41. The Morgan fingerprint density at radius 3 is 2.55 bits per heavy atom. The summed E-state index contributed by atoms with van der Waals surface area (Å²) >= 11 is 0. The van der Waals surface area contributed by atoms with Crippen LogP contribution < -0.4 is 9.47 Å². The van der Waals surface area contributed by atoms with Crippen LogP contribution >= 0.6 is 0 Å². The Bertz CT molecular complexity index is 1100. The van der Waals surface area contributed by atoms with Crippen molar-refractivity contribution in [2.24, 2.45) is 0 Å². The van der Waals surface area contributed by atoms with Crippen molar-refractivity contribution in [3.05, 3.63) is 54.1 Å². The van der Waals surface area contributed by atoms with Gasteiger partial charge in [0.1, 0.15) is 5.69 Å². The first kappa shape index (κ1) is 19.5. The number of carbonyl (C=O) groups is 1. The predicted octanol–water partition coefficient (Wildman–Crippen LogP) is 3.50. The Labute approximate surface area is 180 Å². The van der Waals surface area contributed by atoms with Crippen molar-refractivity contribution in [2.45, 2.75) is 44.3 Å². The molecule has 1 amide bonds. The first-order chi connectivity index (χ1) is 15.2. The van der Waals surface area contributed by atoms with Crippen molar-refractivity contribution in [1.82, 2.24) is 24.6 Å². The Kier molecular flexibility index (Phi) is 5.05. The molecule has 1 aliphatic carbocycles. The fourth-order valence-corrected chi connectivity index (χ4v) is 4.84. The van der Waals surface area contributed by atoms with Gasteiger partial charge in [-0.25, -0.2) is 0 Å². The van der Waals surface area contributed by atoms with Crippen LogP contribution in [0.25, 0.3) is 11.4 Å². The maximum Gasteiger partial charge on any atom is 0.273 e. The van der Waals surface area contributed by atoms with Crippen LogP contribution in [0, 0.1) is 0 Å². The van der Waals surface area contributed by atoms with Crippen LogP contribution in [0.15, 0.2) is 42.6 Å². The van der Waals surface area contributed by atoms with E-state index in [0.29, 0.717) is 23.7 Å². The molecule has 1 aromatic carbocycles. The van der Waals surface area contributed by atoms with E-state index in [2.05, 4.69) is 19.7 Å². The normalized spacial score (nSPS) is 20.0. The third kappa shape index (κ3) is 3.32. The second kappa shape index (κ2) is 8.02. The van der Waals surface area contributed by atoms with E-state index in [-0.39, 0.29) is 18.0 Å². The minimum absolute atomic E-state index is 0.0422. The van der Waals surface area contributed by atoms with Crippen LogP contribution in [0.2, 0.25) is 0 Å². The molecular formula is C23H25N5O3. The third-order valence-electron chi connectivity index (χ3n) is 6.29. The van der Waals surface area contributed by atoms with Gasteiger partial charge >= 0.3 is 0 Å². The summed E-state index contributed by atoms with van der Waals surface area (Å²) in [6, 6.07) is 11.5. The second-order valence-electron chi connectivity index (χ2n) is 7.95. The van der Waals surface area contributed by atoms with Gasteiger partial charge in [-0.15, -0.1) is 10.2 Å². The SMILES string of the molecule is COc1ccc(-c2nnc3n2[C@H]2CCCC[C@H]2N(C(=O)c2ccccn2)C3)cc1OC. The largest absolute Gasteiger partial charge is 0.493 e. The molecule has 3 heterocycles. The summed E-state index contributed by atoms with van der Waals surface area (Å²) in [5.74, 6) is 2.89. The maximum atomic E-state index is 13.3. The smallest absolute Gasteiger partial charge is 0.273 e. The van der Waals surface area contributed by atoms with Crippen LogP contribution in [-0.2, 0) is 6.54 Å². The van der Waals surface area contributed by atoms with Crippen molar-refractivity contribution in [2.75, 3.05) is 14.2 Å². The number of pyridine rings is 1. The number of methoxy groups -OCH3 is 2. The lowest BCUT2D eigenvalue weighted by Gasteiger charge is -2.44. The lowest BCUT2D eigenvalue weighted by atomic mass is 9.87. The Hall–Kier alpha value is -3.42. The number of ether oxygens (including phenoxy) is 2. The third-order valence-corrected chi connectivity index (χ3v) is 6.29. The summed E-state index contributed by atoms with van der Waals surface area (Å²) in [7, 11) is 3.25. The zero-order valence-electron chi connectivity index (χ0n) is 17.7. The van der Waals surface area contributed by atoms with Crippen molar-refractivity contribution in [3.8, 4) is 22.9 Å². The number of rotatable bonds is 4. The number of amides is 1. The Morgan fingerprint density at radius 1 is 1.00 bits per heavy atom. The van der Waals surface area contributed by atoms with Crippen molar-refractivity contribution >= 4 is 5.91 Å². The number of aromatic nitrogens is 4. The molecule has 1 fully saturated rings. The van der Waals surface area contributed by atoms with Crippen molar-refractivity contribution < 1.29 is 14.3 Å². The molecule has 8 nitrogen and oxygen atoms in total. The molecule has 0 bridgehead atoms. The van der Waals surface area contributed by atoms with Gasteiger partial charge in [-0.3, -0.25) is 9.78 Å². The minimum Gasteiger partial charge on any atom is -0.493 e. The van der Waals surface area contributed by atoms with Gasteiger partial charge in [0.15, 0.2) is 23.1 Å². The molecule has 3 aromatic rings. The summed E-state index contributed by atoms with van der Waals surface area (Å²) in [4.78, 5) is 19.5. The zero-order chi connectivity index (χ0) is 21.4. The van der Waals surface area contributed by atoms with Crippen LogP contribution in [-0.4, -0.2) is 50.8 Å². The van der Waals surface area contributed by atoms with Gasteiger partial charge in [-0.1, -0.05) is 18.9 Å². The average Bonchev–Trinajstić information content (AvgIpc) is 3.27. The number of fused-ring (bicyclic) bond motifs is 3. The number of nitrogens with zero attached hydrogens (tertiary/aromatic N) is 5. The van der Waals surface area contributed by atoms with Crippen LogP contribution in [0.4, 0.5) is 0 Å². The standard InChI is InChI=1S/C23H25N5O3/c1-30-19-11-10-15(13-20(19)31-2)22-26-25-21-14-27(23(29)16-7-5-6-12-24-16)17-8-3-4-9-18(17)28(21)22/h5-7,10-13,17-18H,3-4,8-9,14H2,1-2H3/t17-,18+/m1/s1. The molecule has 0 N–H and O–H groups in total. The van der Waals surface area contributed by atoms with E-state index in [0.717, 1.165) is 42.9 Å². The highest BCUT2D eigenvalue weighted by Crippen LogP contribution is 2.41. The average molecular weight is 419 g/mol. The molecule has 31 heavy (non-hydrogen) atoms.